The third kappa shape index (κ3) is 2.84. The molecular formula is C6H12BrNO. The molecule has 0 radical (unpaired) electrons. The molecule has 0 atom stereocenters. The number of hydrogen-bond acceptors (Lipinski definition) is 1. The molecule has 54 valence electrons. The largest absolute Gasteiger partial charge is 0.274 e. The molecule has 9 heavy (non-hydrogen) atoms. The minimum Gasteiger partial charge on any atom is -0.274 e. The highest BCUT2D eigenvalue weighted by Gasteiger charge is 2.20. The maximum Gasteiger partial charge on any atom is 0.229 e. The topological polar surface area (TPSA) is 20.3 Å². The Kier molecular flexibility index (Phi) is 2.67. The summed E-state index contributed by atoms with van der Waals surface area (Å²) in [7, 11) is 0. The highest BCUT2D eigenvalue weighted by atomic mass is 79.9. The highest BCUT2D eigenvalue weighted by molar-refractivity contribution is 9.07. The van der Waals surface area contributed by atoms with Crippen LogP contribution in [0, 0.1) is 0 Å². The van der Waals surface area contributed by atoms with Gasteiger partial charge in [0.15, 0.2) is 0 Å². The SMILES string of the molecule is CC(=O)N(Br)C(C)(C)C. The molecule has 0 saturated heterocycles. The van der Waals surface area contributed by atoms with E-state index in [-0.39, 0.29) is 11.4 Å². The smallest absolute Gasteiger partial charge is 0.229 e. The van der Waals surface area contributed by atoms with Gasteiger partial charge in [-0.1, -0.05) is 0 Å². The van der Waals surface area contributed by atoms with E-state index in [1.165, 1.54) is 10.8 Å². The van der Waals surface area contributed by atoms with Gasteiger partial charge in [-0.25, -0.2) is 0 Å². The van der Waals surface area contributed by atoms with Crippen LogP contribution in [0.5, 0.6) is 0 Å². The second-order valence-electron chi connectivity index (χ2n) is 2.97. The van der Waals surface area contributed by atoms with Crippen LogP contribution in [-0.4, -0.2) is 15.4 Å². The number of nitrogens with zero attached hydrogens (tertiary/aromatic N) is 1. The molecule has 0 rings (SSSR count). The molecule has 0 aromatic rings. The van der Waals surface area contributed by atoms with Crippen molar-refractivity contribution >= 4 is 22.1 Å². The molecule has 0 spiro atoms. The van der Waals surface area contributed by atoms with Crippen molar-refractivity contribution in [1.29, 1.82) is 0 Å². The van der Waals surface area contributed by atoms with Crippen LogP contribution >= 0.6 is 16.1 Å². The second-order valence-corrected chi connectivity index (χ2v) is 3.68. The number of hydrogen-bond donors (Lipinski definition) is 0. The summed E-state index contributed by atoms with van der Waals surface area (Å²) in [6.45, 7) is 7.41. The molecule has 0 aliphatic heterocycles. The summed E-state index contributed by atoms with van der Waals surface area (Å²) < 4.78 is 1.53. The first kappa shape index (κ1) is 8.95. The number of amides is 1. The quantitative estimate of drug-likeness (QED) is 0.539. The van der Waals surface area contributed by atoms with Crippen molar-refractivity contribution in [3.8, 4) is 0 Å². The lowest BCUT2D eigenvalue weighted by atomic mass is 10.1. The Morgan fingerprint density at radius 3 is 1.78 bits per heavy atom. The third-order valence-corrected chi connectivity index (χ3v) is 2.43. The first-order chi connectivity index (χ1) is 3.85. The fourth-order valence-electron chi connectivity index (χ4n) is 0.472. The van der Waals surface area contributed by atoms with Crippen molar-refractivity contribution in [2.75, 3.05) is 0 Å². The van der Waals surface area contributed by atoms with E-state index in [4.69, 9.17) is 0 Å². The van der Waals surface area contributed by atoms with Crippen LogP contribution in [-0.2, 0) is 4.79 Å². The maximum atomic E-state index is 10.7. The van der Waals surface area contributed by atoms with Crippen molar-refractivity contribution in [2.45, 2.75) is 33.2 Å². The minimum atomic E-state index is -0.119. The van der Waals surface area contributed by atoms with E-state index < -0.39 is 0 Å². The van der Waals surface area contributed by atoms with E-state index in [1.54, 1.807) is 0 Å². The minimum absolute atomic E-state index is 0.0301. The summed E-state index contributed by atoms with van der Waals surface area (Å²) in [5, 5.41) is 0. The number of rotatable bonds is 0. The van der Waals surface area contributed by atoms with Gasteiger partial charge < -0.3 is 0 Å². The van der Waals surface area contributed by atoms with E-state index in [0.717, 1.165) is 0 Å². The normalized spacial score (nSPS) is 11.2. The molecule has 3 heteroatoms. The molecule has 2 nitrogen and oxygen atoms in total. The summed E-state index contributed by atoms with van der Waals surface area (Å²) in [4.78, 5) is 10.7. The van der Waals surface area contributed by atoms with Gasteiger partial charge in [0, 0.05) is 12.5 Å². The molecule has 0 N–H and O–H groups in total. The van der Waals surface area contributed by atoms with Gasteiger partial charge in [-0.15, -0.1) is 0 Å². The Hall–Kier alpha value is -0.0500. The Labute approximate surface area is 64.6 Å². The molecule has 0 aromatic carbocycles. The van der Waals surface area contributed by atoms with Crippen molar-refractivity contribution in [3.63, 3.8) is 0 Å². The highest BCUT2D eigenvalue weighted by Crippen LogP contribution is 2.16. The van der Waals surface area contributed by atoms with Crippen LogP contribution < -0.4 is 0 Å². The first-order valence-electron chi connectivity index (χ1n) is 2.82. The van der Waals surface area contributed by atoms with Gasteiger partial charge in [0.25, 0.3) is 0 Å². The molecule has 0 saturated carbocycles. The lowest BCUT2D eigenvalue weighted by molar-refractivity contribution is -0.126. The van der Waals surface area contributed by atoms with Crippen molar-refractivity contribution in [1.82, 2.24) is 3.93 Å². The molecule has 0 heterocycles. The van der Waals surface area contributed by atoms with Gasteiger partial charge in [0.1, 0.15) is 0 Å². The molecule has 0 aliphatic rings. The van der Waals surface area contributed by atoms with Gasteiger partial charge in [-0.05, 0) is 20.8 Å². The van der Waals surface area contributed by atoms with Crippen molar-refractivity contribution in [2.24, 2.45) is 0 Å². The van der Waals surface area contributed by atoms with Gasteiger partial charge in [0.05, 0.1) is 16.1 Å². The second kappa shape index (κ2) is 2.69. The van der Waals surface area contributed by atoms with E-state index in [9.17, 15) is 4.79 Å². The number of carbonyl (C=O) groups excluding carboxylic acids is 1. The Bertz CT molecular complexity index is 117. The zero-order valence-electron chi connectivity index (χ0n) is 6.23. The summed E-state index contributed by atoms with van der Waals surface area (Å²) in [5.41, 5.74) is -0.119. The molecular weight excluding hydrogens is 182 g/mol. The third-order valence-electron chi connectivity index (χ3n) is 0.865. The van der Waals surface area contributed by atoms with Crippen molar-refractivity contribution < 1.29 is 4.79 Å². The summed E-state index contributed by atoms with van der Waals surface area (Å²) in [6, 6.07) is 0. The predicted molar refractivity (Wildman–Crippen MR) is 41.2 cm³/mol. The van der Waals surface area contributed by atoms with Gasteiger partial charge in [-0.2, -0.15) is 0 Å². The predicted octanol–water partition coefficient (Wildman–Crippen LogP) is 1.94. The van der Waals surface area contributed by atoms with E-state index in [0.29, 0.717) is 0 Å². The fourth-order valence-corrected chi connectivity index (χ4v) is 0.472. The van der Waals surface area contributed by atoms with Gasteiger partial charge in [0.2, 0.25) is 5.91 Å². The van der Waals surface area contributed by atoms with Gasteiger partial charge in [-0.3, -0.25) is 8.72 Å². The number of halogens is 1. The summed E-state index contributed by atoms with van der Waals surface area (Å²) >= 11 is 3.15. The van der Waals surface area contributed by atoms with Crippen LogP contribution in [0.3, 0.4) is 0 Å². The Morgan fingerprint density at radius 1 is 1.44 bits per heavy atom. The number of carbonyl (C=O) groups is 1. The Balaban J connectivity index is 4.04. The Morgan fingerprint density at radius 2 is 1.78 bits per heavy atom. The van der Waals surface area contributed by atoms with E-state index in [1.807, 2.05) is 20.8 Å². The zero-order valence-corrected chi connectivity index (χ0v) is 7.82. The average molecular weight is 194 g/mol. The molecule has 0 bridgehead atoms. The van der Waals surface area contributed by atoms with Gasteiger partial charge >= 0.3 is 0 Å². The van der Waals surface area contributed by atoms with Crippen LogP contribution in [0.2, 0.25) is 0 Å². The monoisotopic (exact) mass is 193 g/mol. The molecule has 0 fully saturated rings. The van der Waals surface area contributed by atoms with Crippen molar-refractivity contribution in [3.05, 3.63) is 0 Å². The lowest BCUT2D eigenvalue weighted by Crippen LogP contribution is -2.36. The average Bonchev–Trinajstić information content (AvgIpc) is 1.62. The van der Waals surface area contributed by atoms with E-state index in [2.05, 4.69) is 16.1 Å². The lowest BCUT2D eigenvalue weighted by Gasteiger charge is -2.27. The summed E-state index contributed by atoms with van der Waals surface area (Å²) in [6.07, 6.45) is 0. The first-order valence-corrected chi connectivity index (χ1v) is 3.53. The standard InChI is InChI=1S/C6H12BrNO/c1-5(9)8(7)6(2,3)4/h1-4H3. The van der Waals surface area contributed by atoms with Crippen LogP contribution in [0.1, 0.15) is 27.7 Å². The van der Waals surface area contributed by atoms with Crippen LogP contribution in [0.4, 0.5) is 0 Å². The van der Waals surface area contributed by atoms with Crippen LogP contribution in [0.15, 0.2) is 0 Å². The van der Waals surface area contributed by atoms with Crippen LogP contribution in [0.25, 0.3) is 0 Å². The molecule has 0 aromatic heterocycles. The maximum absolute atomic E-state index is 10.7. The molecule has 0 aliphatic carbocycles. The zero-order chi connectivity index (χ0) is 7.65. The molecule has 0 unspecified atom stereocenters. The molecule has 1 amide bonds. The fraction of sp³-hybridized carbons (Fsp3) is 0.833. The van der Waals surface area contributed by atoms with E-state index >= 15 is 0 Å². The summed E-state index contributed by atoms with van der Waals surface area (Å²) in [5.74, 6) is 0.0301.